The van der Waals surface area contributed by atoms with Crippen LogP contribution in [0.1, 0.15) is 0 Å². The van der Waals surface area contributed by atoms with Gasteiger partial charge in [-0.25, -0.2) is 0 Å². The van der Waals surface area contributed by atoms with E-state index in [1.807, 2.05) is 0 Å². The summed E-state index contributed by atoms with van der Waals surface area (Å²) in [6.45, 7) is 0.210. The van der Waals surface area contributed by atoms with Crippen LogP contribution in [0.25, 0.3) is 0 Å². The normalized spacial score (nSPS) is 27.7. The number of hydrogen-bond donors (Lipinski definition) is 2. The Bertz CT molecular complexity index is 304. The third kappa shape index (κ3) is 1.06. The van der Waals surface area contributed by atoms with Crippen LogP contribution in [-0.4, -0.2) is 24.3 Å². The van der Waals surface area contributed by atoms with E-state index in [0.29, 0.717) is 5.70 Å². The highest BCUT2D eigenvalue weighted by molar-refractivity contribution is 6.00. The van der Waals surface area contributed by atoms with E-state index in [9.17, 15) is 9.59 Å². The van der Waals surface area contributed by atoms with Crippen molar-refractivity contribution in [1.29, 1.82) is 0 Å². The molecule has 0 spiro atoms. The first-order valence-corrected chi connectivity index (χ1v) is 3.73. The quantitative estimate of drug-likeness (QED) is 0.487. The van der Waals surface area contributed by atoms with Gasteiger partial charge >= 0.3 is 0 Å². The van der Waals surface area contributed by atoms with Gasteiger partial charge in [0.15, 0.2) is 5.78 Å². The molecule has 1 aliphatic carbocycles. The Balaban J connectivity index is 2.27. The third-order valence-electron chi connectivity index (χ3n) is 1.88. The molecule has 0 aromatic carbocycles. The Kier molecular flexibility index (Phi) is 1.55. The van der Waals surface area contributed by atoms with Gasteiger partial charge in [-0.2, -0.15) is 0 Å². The zero-order chi connectivity index (χ0) is 8.55. The van der Waals surface area contributed by atoms with Crippen LogP contribution in [0.15, 0.2) is 23.9 Å². The fourth-order valence-corrected chi connectivity index (χ4v) is 1.32. The molecule has 1 amide bonds. The van der Waals surface area contributed by atoms with E-state index in [0.717, 1.165) is 0 Å². The molecule has 0 radical (unpaired) electrons. The fourth-order valence-electron chi connectivity index (χ4n) is 1.32. The maximum Gasteiger partial charge on any atom is 0.238 e. The maximum absolute atomic E-state index is 11.2. The summed E-state index contributed by atoms with van der Waals surface area (Å²) in [5, 5.41) is 5.48. The van der Waals surface area contributed by atoms with Crippen molar-refractivity contribution in [2.45, 2.75) is 6.04 Å². The molecule has 1 unspecified atom stereocenters. The molecule has 0 bridgehead atoms. The summed E-state index contributed by atoms with van der Waals surface area (Å²) >= 11 is 0. The Labute approximate surface area is 69.3 Å². The third-order valence-corrected chi connectivity index (χ3v) is 1.88. The second-order valence-corrected chi connectivity index (χ2v) is 2.75. The average molecular weight is 164 g/mol. The number of piperazine rings is 1. The zero-order valence-electron chi connectivity index (χ0n) is 6.33. The molecule has 1 heterocycles. The van der Waals surface area contributed by atoms with E-state index < -0.39 is 0 Å². The van der Waals surface area contributed by atoms with Gasteiger partial charge in [0.05, 0.1) is 6.54 Å². The largest absolute Gasteiger partial charge is 0.327 e. The molecule has 0 aromatic rings. The lowest BCUT2D eigenvalue weighted by atomic mass is 10.0. The van der Waals surface area contributed by atoms with Gasteiger partial charge in [0.2, 0.25) is 5.91 Å². The maximum atomic E-state index is 11.2. The predicted octanol–water partition coefficient (Wildman–Crippen LogP) is -0.903. The van der Waals surface area contributed by atoms with Gasteiger partial charge in [-0.3, -0.25) is 14.9 Å². The van der Waals surface area contributed by atoms with Gasteiger partial charge in [-0.15, -0.1) is 0 Å². The van der Waals surface area contributed by atoms with Crippen LogP contribution in [-0.2, 0) is 9.59 Å². The van der Waals surface area contributed by atoms with Gasteiger partial charge in [0.1, 0.15) is 6.04 Å². The number of ketones is 1. The van der Waals surface area contributed by atoms with Crippen LogP contribution >= 0.6 is 0 Å². The summed E-state index contributed by atoms with van der Waals surface area (Å²) < 4.78 is 0. The monoisotopic (exact) mass is 164 g/mol. The molecule has 2 aliphatic rings. The summed E-state index contributed by atoms with van der Waals surface area (Å²) in [4.78, 5) is 22.1. The zero-order valence-corrected chi connectivity index (χ0v) is 6.33. The Morgan fingerprint density at radius 2 is 2.25 bits per heavy atom. The van der Waals surface area contributed by atoms with E-state index in [4.69, 9.17) is 0 Å². The van der Waals surface area contributed by atoms with Crippen molar-refractivity contribution >= 4 is 11.7 Å². The van der Waals surface area contributed by atoms with Gasteiger partial charge in [-0.05, 0) is 12.2 Å². The van der Waals surface area contributed by atoms with Gasteiger partial charge in [-0.1, -0.05) is 6.08 Å². The van der Waals surface area contributed by atoms with Crippen molar-refractivity contribution in [1.82, 2.24) is 10.6 Å². The molecule has 0 saturated carbocycles. The van der Waals surface area contributed by atoms with Crippen LogP contribution in [0.4, 0.5) is 0 Å². The molecule has 1 saturated heterocycles. The number of carbonyl (C=O) groups excluding carboxylic acids is 2. The van der Waals surface area contributed by atoms with Crippen LogP contribution in [0.3, 0.4) is 0 Å². The van der Waals surface area contributed by atoms with Crippen LogP contribution in [0.5, 0.6) is 0 Å². The number of nitrogens with one attached hydrogen (secondary N) is 2. The van der Waals surface area contributed by atoms with Crippen molar-refractivity contribution in [2.75, 3.05) is 6.54 Å². The number of amides is 1. The van der Waals surface area contributed by atoms with E-state index in [1.54, 1.807) is 12.2 Å². The minimum atomic E-state index is -0.340. The molecule has 1 aliphatic heterocycles. The molecule has 12 heavy (non-hydrogen) atoms. The van der Waals surface area contributed by atoms with Crippen LogP contribution in [0.2, 0.25) is 0 Å². The van der Waals surface area contributed by atoms with Crippen LogP contribution in [0, 0.1) is 0 Å². The summed E-state index contributed by atoms with van der Waals surface area (Å²) in [6.07, 6.45) is 4.87. The SMILES string of the molecule is O=C1CNC2C(=O)C=CC=C2N1. The Hall–Kier alpha value is -1.42. The highest BCUT2D eigenvalue weighted by atomic mass is 16.2. The molecule has 4 heteroatoms. The molecule has 0 aromatic heterocycles. The first-order chi connectivity index (χ1) is 5.77. The lowest BCUT2D eigenvalue weighted by Crippen LogP contribution is -2.53. The number of carbonyl (C=O) groups is 2. The molecule has 1 atom stereocenters. The van der Waals surface area contributed by atoms with Gasteiger partial charge in [0.25, 0.3) is 0 Å². The predicted molar refractivity (Wildman–Crippen MR) is 42.2 cm³/mol. The lowest BCUT2D eigenvalue weighted by Gasteiger charge is -2.26. The lowest BCUT2D eigenvalue weighted by molar-refractivity contribution is -0.122. The molecule has 2 N–H and O–H groups in total. The van der Waals surface area contributed by atoms with Gasteiger partial charge < -0.3 is 5.32 Å². The highest BCUT2D eigenvalue weighted by Gasteiger charge is 2.28. The molecule has 1 fully saturated rings. The van der Waals surface area contributed by atoms with E-state index in [2.05, 4.69) is 10.6 Å². The van der Waals surface area contributed by atoms with Crippen molar-refractivity contribution in [3.8, 4) is 0 Å². The fraction of sp³-hybridized carbons (Fsp3) is 0.250. The summed E-state index contributed by atoms with van der Waals surface area (Å²) in [6, 6.07) is -0.340. The molecule has 2 rings (SSSR count). The summed E-state index contributed by atoms with van der Waals surface area (Å²) in [5.74, 6) is -0.104. The van der Waals surface area contributed by atoms with E-state index in [1.165, 1.54) is 6.08 Å². The van der Waals surface area contributed by atoms with E-state index in [-0.39, 0.29) is 24.3 Å². The second-order valence-electron chi connectivity index (χ2n) is 2.75. The molecular weight excluding hydrogens is 156 g/mol. The second kappa shape index (κ2) is 2.57. The number of rotatable bonds is 0. The Morgan fingerprint density at radius 3 is 3.08 bits per heavy atom. The van der Waals surface area contributed by atoms with E-state index >= 15 is 0 Å². The minimum absolute atomic E-state index is 0.00694. The van der Waals surface area contributed by atoms with Crippen molar-refractivity contribution in [2.24, 2.45) is 0 Å². The molecular formula is C8H8N2O2. The topological polar surface area (TPSA) is 58.2 Å². The summed E-state index contributed by atoms with van der Waals surface area (Å²) in [7, 11) is 0. The van der Waals surface area contributed by atoms with Crippen LogP contribution < -0.4 is 10.6 Å². The summed E-state index contributed by atoms with van der Waals surface area (Å²) in [5.41, 5.74) is 0.652. The smallest absolute Gasteiger partial charge is 0.238 e. The number of hydrogen-bond acceptors (Lipinski definition) is 3. The number of fused-ring (bicyclic) bond motifs is 1. The first-order valence-electron chi connectivity index (χ1n) is 3.73. The number of allylic oxidation sites excluding steroid dienone is 2. The Morgan fingerprint density at radius 1 is 1.42 bits per heavy atom. The van der Waals surface area contributed by atoms with Crippen molar-refractivity contribution in [3.05, 3.63) is 23.9 Å². The van der Waals surface area contributed by atoms with Crippen molar-refractivity contribution < 1.29 is 9.59 Å². The first kappa shape index (κ1) is 7.24. The molecule has 4 nitrogen and oxygen atoms in total. The average Bonchev–Trinajstić information content (AvgIpc) is 2.04. The highest BCUT2D eigenvalue weighted by Crippen LogP contribution is 2.09. The molecule has 62 valence electrons. The van der Waals surface area contributed by atoms with Gasteiger partial charge in [0, 0.05) is 5.70 Å². The minimum Gasteiger partial charge on any atom is -0.327 e. The van der Waals surface area contributed by atoms with Crippen molar-refractivity contribution in [3.63, 3.8) is 0 Å². The standard InChI is InChI=1S/C8H8N2O2/c11-6-3-1-2-5-8(6)9-4-7(12)10-5/h1-3,8-9H,4H2,(H,10,12).